The van der Waals surface area contributed by atoms with Crippen LogP contribution in [0.4, 0.5) is 13.6 Å². The zero-order chi connectivity index (χ0) is 18.5. The van der Waals surface area contributed by atoms with E-state index in [1.54, 1.807) is 20.8 Å². The Labute approximate surface area is 138 Å². The van der Waals surface area contributed by atoms with Crippen LogP contribution in [-0.2, 0) is 20.2 Å². The Morgan fingerprint density at radius 3 is 2.25 bits per heavy atom. The number of ether oxygens (including phenoxy) is 2. The number of nitrogens with zero attached hydrogens (tertiary/aromatic N) is 1. The number of aromatic nitrogens is 1. The van der Waals surface area contributed by atoms with Gasteiger partial charge in [-0.3, -0.25) is 10.3 Å². The summed E-state index contributed by atoms with van der Waals surface area (Å²) in [5.74, 6) is -3.88. The molecule has 0 unspecified atom stereocenters. The average Bonchev–Trinajstić information content (AvgIpc) is 2.43. The predicted octanol–water partition coefficient (Wildman–Crippen LogP) is 3.23. The largest absolute Gasteiger partial charge is 0.464 e. The molecule has 0 saturated carbocycles. The molecule has 0 spiro atoms. The summed E-state index contributed by atoms with van der Waals surface area (Å²) in [6.45, 7) is 5.74. The first-order chi connectivity index (χ1) is 10.9. The maximum absolute atomic E-state index is 13.1. The van der Waals surface area contributed by atoms with Gasteiger partial charge in [-0.1, -0.05) is 6.07 Å². The number of halogens is 2. The van der Waals surface area contributed by atoms with Gasteiger partial charge < -0.3 is 9.47 Å². The van der Waals surface area contributed by atoms with E-state index in [0.29, 0.717) is 5.56 Å². The normalized spacial score (nSPS) is 12.5. The molecule has 1 aromatic rings. The highest BCUT2D eigenvalue weighted by atomic mass is 19.3. The third-order valence-corrected chi connectivity index (χ3v) is 2.59. The molecule has 0 saturated heterocycles. The van der Waals surface area contributed by atoms with Gasteiger partial charge in [-0.2, -0.15) is 8.78 Å². The standard InChI is InChI=1S/C16H20F2N2O4/c1-15(2,3)24-14(22)20-11(13(21)23-5)8-10-6-7-12(19-9-10)16(4,17)18/h6-9H,1-5H3,(H,20,22). The number of alkyl halides is 2. The molecular weight excluding hydrogens is 322 g/mol. The zero-order valence-electron chi connectivity index (χ0n) is 14.1. The number of methoxy groups -OCH3 is 1. The van der Waals surface area contributed by atoms with Gasteiger partial charge in [0.15, 0.2) is 0 Å². The van der Waals surface area contributed by atoms with Gasteiger partial charge in [0.2, 0.25) is 0 Å². The monoisotopic (exact) mass is 342 g/mol. The van der Waals surface area contributed by atoms with Crippen LogP contribution < -0.4 is 5.32 Å². The summed E-state index contributed by atoms with van der Waals surface area (Å²) in [6, 6.07) is 2.48. The van der Waals surface area contributed by atoms with Gasteiger partial charge in [0.1, 0.15) is 17.0 Å². The lowest BCUT2D eigenvalue weighted by Crippen LogP contribution is -2.34. The number of hydrogen-bond acceptors (Lipinski definition) is 5. The Hall–Kier alpha value is -2.51. The van der Waals surface area contributed by atoms with Crippen LogP contribution in [0.15, 0.2) is 24.0 Å². The lowest BCUT2D eigenvalue weighted by atomic mass is 10.2. The number of hydrogen-bond donors (Lipinski definition) is 1. The second-order valence-corrected chi connectivity index (χ2v) is 6.04. The first-order valence-corrected chi connectivity index (χ1v) is 7.07. The zero-order valence-corrected chi connectivity index (χ0v) is 14.1. The molecule has 0 bridgehead atoms. The van der Waals surface area contributed by atoms with Gasteiger partial charge in [0, 0.05) is 13.1 Å². The Morgan fingerprint density at radius 1 is 1.21 bits per heavy atom. The van der Waals surface area contributed by atoms with Crippen molar-refractivity contribution in [1.82, 2.24) is 10.3 Å². The summed E-state index contributed by atoms with van der Waals surface area (Å²) < 4.78 is 35.9. The van der Waals surface area contributed by atoms with Crippen LogP contribution in [0.3, 0.4) is 0 Å². The van der Waals surface area contributed by atoms with Crippen LogP contribution in [-0.4, -0.2) is 29.8 Å². The van der Waals surface area contributed by atoms with Crippen molar-refractivity contribution in [3.63, 3.8) is 0 Å². The first-order valence-electron chi connectivity index (χ1n) is 7.07. The molecule has 6 nitrogen and oxygen atoms in total. The second-order valence-electron chi connectivity index (χ2n) is 6.04. The number of carbonyl (C=O) groups is 2. The summed E-state index contributed by atoms with van der Waals surface area (Å²) in [6.07, 6.45) is 1.57. The quantitative estimate of drug-likeness (QED) is 0.671. The molecule has 0 aliphatic carbocycles. The topological polar surface area (TPSA) is 77.5 Å². The first kappa shape index (κ1) is 19.5. The fourth-order valence-corrected chi connectivity index (χ4v) is 1.59. The molecule has 8 heteroatoms. The van der Waals surface area contributed by atoms with Crippen molar-refractivity contribution >= 4 is 18.1 Å². The van der Waals surface area contributed by atoms with Crippen LogP contribution in [0.5, 0.6) is 0 Å². The van der Waals surface area contributed by atoms with Gasteiger partial charge in [0.25, 0.3) is 5.92 Å². The van der Waals surface area contributed by atoms with E-state index in [2.05, 4.69) is 15.0 Å². The van der Waals surface area contributed by atoms with Gasteiger partial charge in [0.05, 0.1) is 7.11 Å². The molecule has 1 aromatic heterocycles. The van der Waals surface area contributed by atoms with Crippen LogP contribution in [0.2, 0.25) is 0 Å². The van der Waals surface area contributed by atoms with Crippen molar-refractivity contribution in [2.45, 2.75) is 39.2 Å². The number of amides is 1. The van der Waals surface area contributed by atoms with E-state index in [1.165, 1.54) is 12.1 Å². The van der Waals surface area contributed by atoms with E-state index in [1.807, 2.05) is 0 Å². The summed E-state index contributed by atoms with van der Waals surface area (Å²) in [5.41, 5.74) is -1.02. The van der Waals surface area contributed by atoms with Gasteiger partial charge in [-0.15, -0.1) is 0 Å². The molecule has 24 heavy (non-hydrogen) atoms. The van der Waals surface area contributed by atoms with E-state index in [0.717, 1.165) is 26.3 Å². The molecule has 1 amide bonds. The Balaban J connectivity index is 3.02. The Kier molecular flexibility index (Phi) is 6.00. The highest BCUT2D eigenvalue weighted by Crippen LogP contribution is 2.25. The van der Waals surface area contributed by atoms with Crippen molar-refractivity contribution in [2.24, 2.45) is 0 Å². The highest BCUT2D eigenvalue weighted by molar-refractivity contribution is 5.96. The van der Waals surface area contributed by atoms with Crippen molar-refractivity contribution < 1.29 is 27.8 Å². The van der Waals surface area contributed by atoms with E-state index in [9.17, 15) is 18.4 Å². The molecule has 0 radical (unpaired) electrons. The minimum absolute atomic E-state index is 0.204. The molecule has 0 aliphatic rings. The summed E-state index contributed by atoms with van der Waals surface area (Å²) >= 11 is 0. The molecule has 0 aromatic carbocycles. The molecule has 1 rings (SSSR count). The molecule has 132 valence electrons. The third kappa shape index (κ3) is 6.31. The number of nitrogens with one attached hydrogen (secondary N) is 1. The molecular formula is C16H20F2N2O4. The lowest BCUT2D eigenvalue weighted by molar-refractivity contribution is -0.136. The lowest BCUT2D eigenvalue weighted by Gasteiger charge is -2.20. The van der Waals surface area contributed by atoms with Crippen LogP contribution in [0.25, 0.3) is 6.08 Å². The minimum atomic E-state index is -3.07. The van der Waals surface area contributed by atoms with E-state index in [4.69, 9.17) is 4.74 Å². The van der Waals surface area contributed by atoms with Crippen molar-refractivity contribution in [2.75, 3.05) is 7.11 Å². The van der Waals surface area contributed by atoms with Crippen LogP contribution in [0, 0.1) is 0 Å². The minimum Gasteiger partial charge on any atom is -0.464 e. The Bertz CT molecular complexity index is 629. The second kappa shape index (κ2) is 7.37. The van der Waals surface area contributed by atoms with Crippen molar-refractivity contribution in [3.8, 4) is 0 Å². The van der Waals surface area contributed by atoms with E-state index < -0.39 is 29.3 Å². The predicted molar refractivity (Wildman–Crippen MR) is 83.2 cm³/mol. The molecule has 1 N–H and O–H groups in total. The highest BCUT2D eigenvalue weighted by Gasteiger charge is 2.25. The van der Waals surface area contributed by atoms with Gasteiger partial charge >= 0.3 is 12.1 Å². The van der Waals surface area contributed by atoms with E-state index in [-0.39, 0.29) is 5.70 Å². The molecule has 1 heterocycles. The number of rotatable bonds is 4. The van der Waals surface area contributed by atoms with Gasteiger partial charge in [-0.25, -0.2) is 9.59 Å². The summed E-state index contributed by atoms with van der Waals surface area (Å²) in [5, 5.41) is 2.27. The van der Waals surface area contributed by atoms with Crippen molar-refractivity contribution in [3.05, 3.63) is 35.3 Å². The van der Waals surface area contributed by atoms with Gasteiger partial charge in [-0.05, 0) is 38.5 Å². The third-order valence-electron chi connectivity index (χ3n) is 2.59. The van der Waals surface area contributed by atoms with E-state index >= 15 is 0 Å². The Morgan fingerprint density at radius 2 is 1.83 bits per heavy atom. The number of pyridine rings is 1. The van der Waals surface area contributed by atoms with Crippen LogP contribution >= 0.6 is 0 Å². The summed E-state index contributed by atoms with van der Waals surface area (Å²) in [4.78, 5) is 27.1. The average molecular weight is 342 g/mol. The fraction of sp³-hybridized carbons (Fsp3) is 0.438. The number of carbonyl (C=O) groups excluding carboxylic acids is 2. The van der Waals surface area contributed by atoms with Crippen LogP contribution in [0.1, 0.15) is 39.0 Å². The molecule has 0 atom stereocenters. The number of alkyl carbamates (subject to hydrolysis) is 1. The maximum Gasteiger partial charge on any atom is 0.412 e. The smallest absolute Gasteiger partial charge is 0.412 e. The maximum atomic E-state index is 13.1. The molecule has 0 aliphatic heterocycles. The number of esters is 1. The van der Waals surface area contributed by atoms with Crippen molar-refractivity contribution in [1.29, 1.82) is 0 Å². The molecule has 0 fully saturated rings. The SMILES string of the molecule is COC(=O)C(=Cc1ccc(C(C)(F)F)nc1)NC(=O)OC(C)(C)C. The fourth-order valence-electron chi connectivity index (χ4n) is 1.59. The summed E-state index contributed by atoms with van der Waals surface area (Å²) in [7, 11) is 1.14.